The summed E-state index contributed by atoms with van der Waals surface area (Å²) in [6.07, 6.45) is 4.33. The number of aromatic nitrogens is 2. The van der Waals surface area contributed by atoms with Crippen LogP contribution in [-0.2, 0) is 4.74 Å². The van der Waals surface area contributed by atoms with E-state index in [-0.39, 0.29) is 17.3 Å². The predicted molar refractivity (Wildman–Crippen MR) is 92.3 cm³/mol. The van der Waals surface area contributed by atoms with Crippen molar-refractivity contribution < 1.29 is 13.9 Å². The first-order valence-corrected chi connectivity index (χ1v) is 9.27. The van der Waals surface area contributed by atoms with Crippen molar-refractivity contribution in [2.45, 2.75) is 18.4 Å². The van der Waals surface area contributed by atoms with Crippen molar-refractivity contribution in [2.75, 3.05) is 37.7 Å². The van der Waals surface area contributed by atoms with Gasteiger partial charge in [0.15, 0.2) is 5.82 Å². The number of amides is 1. The highest BCUT2D eigenvalue weighted by atomic mass is 32.1. The van der Waals surface area contributed by atoms with E-state index < -0.39 is 0 Å². The van der Waals surface area contributed by atoms with Crippen LogP contribution in [-0.4, -0.2) is 59.2 Å². The molecule has 2 fully saturated rings. The summed E-state index contributed by atoms with van der Waals surface area (Å²) in [6, 6.07) is 1.70. The maximum atomic E-state index is 14.1. The monoisotopic (exact) mass is 362 g/mol. The third-order valence-electron chi connectivity index (χ3n) is 4.95. The fourth-order valence-electron chi connectivity index (χ4n) is 3.57. The van der Waals surface area contributed by atoms with E-state index in [9.17, 15) is 9.18 Å². The molecule has 0 saturated carbocycles. The number of thiazole rings is 1. The number of anilines is 1. The van der Waals surface area contributed by atoms with Crippen LogP contribution in [0.15, 0.2) is 29.4 Å². The van der Waals surface area contributed by atoms with Crippen molar-refractivity contribution >= 4 is 22.9 Å². The third kappa shape index (κ3) is 3.23. The number of morpholine rings is 1. The molecule has 0 bridgehead atoms. The second kappa shape index (κ2) is 6.68. The Morgan fingerprint density at radius 2 is 2.16 bits per heavy atom. The zero-order valence-corrected chi connectivity index (χ0v) is 14.5. The molecule has 8 heteroatoms. The molecule has 2 saturated heterocycles. The Morgan fingerprint density at radius 3 is 2.88 bits per heavy atom. The van der Waals surface area contributed by atoms with E-state index in [2.05, 4.69) is 9.97 Å². The van der Waals surface area contributed by atoms with Gasteiger partial charge >= 0.3 is 0 Å². The van der Waals surface area contributed by atoms with E-state index in [0.29, 0.717) is 44.2 Å². The fraction of sp³-hybridized carbons (Fsp3) is 0.471. The lowest BCUT2D eigenvalue weighted by atomic mass is 9.89. The number of piperidine rings is 1. The second-order valence-electron chi connectivity index (χ2n) is 6.45. The van der Waals surface area contributed by atoms with Gasteiger partial charge in [0.2, 0.25) is 0 Å². The minimum Gasteiger partial charge on any atom is -0.371 e. The van der Waals surface area contributed by atoms with E-state index >= 15 is 0 Å². The molecule has 2 aromatic rings. The predicted octanol–water partition coefficient (Wildman–Crippen LogP) is 2.19. The van der Waals surface area contributed by atoms with E-state index in [4.69, 9.17) is 4.74 Å². The first-order valence-electron chi connectivity index (χ1n) is 8.33. The van der Waals surface area contributed by atoms with Gasteiger partial charge in [-0.2, -0.15) is 0 Å². The number of hydrogen-bond acceptors (Lipinski definition) is 6. The van der Waals surface area contributed by atoms with Crippen molar-refractivity contribution in [3.63, 3.8) is 0 Å². The topological polar surface area (TPSA) is 58.6 Å². The number of halogens is 1. The normalized spacial score (nSPS) is 20.0. The number of nitrogens with zero attached hydrogens (tertiary/aromatic N) is 4. The summed E-state index contributed by atoms with van der Waals surface area (Å²) in [5, 5.41) is 1.78. The summed E-state index contributed by atoms with van der Waals surface area (Å²) in [4.78, 5) is 24.2. The number of ether oxygens (including phenoxy) is 1. The fourth-order valence-corrected chi connectivity index (χ4v) is 4.10. The Labute approximate surface area is 149 Å². The highest BCUT2D eigenvalue weighted by molar-refractivity contribution is 7.07. The molecule has 2 aliphatic rings. The maximum Gasteiger partial charge on any atom is 0.273 e. The summed E-state index contributed by atoms with van der Waals surface area (Å²) in [5.74, 6) is -0.334. The largest absolute Gasteiger partial charge is 0.371 e. The number of rotatable bonds is 2. The SMILES string of the molecule is O=C(c1cscn1)N1CCC2(CC1)CN(c1ccncc1F)CCO2. The molecule has 0 unspecified atom stereocenters. The van der Waals surface area contributed by atoms with Crippen molar-refractivity contribution in [3.8, 4) is 0 Å². The molecule has 4 rings (SSSR count). The Balaban J connectivity index is 1.43. The summed E-state index contributed by atoms with van der Waals surface area (Å²) >= 11 is 1.42. The Hall–Kier alpha value is -2.06. The lowest BCUT2D eigenvalue weighted by Crippen LogP contribution is -2.57. The van der Waals surface area contributed by atoms with Crippen LogP contribution in [0, 0.1) is 5.82 Å². The highest BCUT2D eigenvalue weighted by Gasteiger charge is 2.41. The van der Waals surface area contributed by atoms with E-state index in [1.165, 1.54) is 17.5 Å². The molecular formula is C17H19FN4O2S. The van der Waals surface area contributed by atoms with Crippen molar-refractivity contribution in [1.29, 1.82) is 0 Å². The van der Waals surface area contributed by atoms with Gasteiger partial charge in [-0.15, -0.1) is 11.3 Å². The number of hydrogen-bond donors (Lipinski definition) is 0. The molecular weight excluding hydrogens is 343 g/mol. The molecule has 0 atom stereocenters. The first-order chi connectivity index (χ1) is 12.2. The Bertz CT molecular complexity index is 747. The van der Waals surface area contributed by atoms with Crippen LogP contribution >= 0.6 is 11.3 Å². The molecule has 25 heavy (non-hydrogen) atoms. The molecule has 1 amide bonds. The van der Waals surface area contributed by atoms with Gasteiger partial charge in [0.05, 0.1) is 29.6 Å². The summed E-state index contributed by atoms with van der Waals surface area (Å²) in [5.41, 5.74) is 2.42. The zero-order chi connectivity index (χ0) is 17.3. The van der Waals surface area contributed by atoms with Crippen LogP contribution in [0.2, 0.25) is 0 Å². The number of pyridine rings is 1. The van der Waals surface area contributed by atoms with Crippen LogP contribution in [0.25, 0.3) is 0 Å². The van der Waals surface area contributed by atoms with Crippen molar-refractivity contribution in [2.24, 2.45) is 0 Å². The number of carbonyl (C=O) groups is 1. The average Bonchev–Trinajstić information content (AvgIpc) is 3.17. The van der Waals surface area contributed by atoms with Gasteiger partial charge in [0, 0.05) is 37.8 Å². The van der Waals surface area contributed by atoms with Gasteiger partial charge in [-0.3, -0.25) is 9.78 Å². The molecule has 0 aliphatic carbocycles. The minimum atomic E-state index is -0.327. The number of likely N-dealkylation sites (tertiary alicyclic amines) is 1. The smallest absolute Gasteiger partial charge is 0.273 e. The number of carbonyl (C=O) groups excluding carboxylic acids is 1. The average molecular weight is 362 g/mol. The quantitative estimate of drug-likeness (QED) is 0.820. The summed E-state index contributed by atoms with van der Waals surface area (Å²) in [6.45, 7) is 3.10. The summed E-state index contributed by atoms with van der Waals surface area (Å²) < 4.78 is 20.1. The van der Waals surface area contributed by atoms with E-state index in [1.807, 2.05) is 9.80 Å². The molecule has 4 heterocycles. The minimum absolute atomic E-state index is 0.0241. The van der Waals surface area contributed by atoms with Gasteiger partial charge in [0.25, 0.3) is 5.91 Å². The van der Waals surface area contributed by atoms with E-state index in [1.54, 1.807) is 23.2 Å². The third-order valence-corrected chi connectivity index (χ3v) is 5.54. The van der Waals surface area contributed by atoms with Crippen LogP contribution in [0.1, 0.15) is 23.3 Å². The standard InChI is InChI=1S/C17H19FN4O2S/c18-13-9-19-4-1-15(13)22-7-8-24-17(11-22)2-5-21(6-3-17)16(23)14-10-25-12-20-14/h1,4,9-10,12H,2-3,5-8,11H2. The van der Waals surface area contributed by atoms with Crippen molar-refractivity contribution in [3.05, 3.63) is 40.9 Å². The van der Waals surface area contributed by atoms with Gasteiger partial charge in [0.1, 0.15) is 5.69 Å². The Kier molecular flexibility index (Phi) is 4.39. The zero-order valence-electron chi connectivity index (χ0n) is 13.7. The molecule has 132 valence electrons. The van der Waals surface area contributed by atoms with Gasteiger partial charge in [-0.1, -0.05) is 0 Å². The highest BCUT2D eigenvalue weighted by Crippen LogP contribution is 2.33. The maximum absolute atomic E-state index is 14.1. The van der Waals surface area contributed by atoms with Crippen LogP contribution in [0.4, 0.5) is 10.1 Å². The lowest BCUT2D eigenvalue weighted by Gasteiger charge is -2.47. The molecule has 0 aromatic carbocycles. The summed E-state index contributed by atoms with van der Waals surface area (Å²) in [7, 11) is 0. The second-order valence-corrected chi connectivity index (χ2v) is 7.16. The molecule has 0 radical (unpaired) electrons. The van der Waals surface area contributed by atoms with Gasteiger partial charge in [-0.05, 0) is 18.9 Å². The lowest BCUT2D eigenvalue weighted by molar-refractivity contribution is -0.0870. The molecule has 6 nitrogen and oxygen atoms in total. The molecule has 2 aliphatic heterocycles. The first kappa shape index (κ1) is 16.4. The van der Waals surface area contributed by atoms with Gasteiger partial charge in [-0.25, -0.2) is 9.37 Å². The Morgan fingerprint density at radius 1 is 1.32 bits per heavy atom. The van der Waals surface area contributed by atoms with Crippen LogP contribution in [0.5, 0.6) is 0 Å². The van der Waals surface area contributed by atoms with Crippen molar-refractivity contribution in [1.82, 2.24) is 14.9 Å². The van der Waals surface area contributed by atoms with Crippen LogP contribution < -0.4 is 4.90 Å². The van der Waals surface area contributed by atoms with E-state index in [0.717, 1.165) is 12.8 Å². The molecule has 2 aromatic heterocycles. The van der Waals surface area contributed by atoms with Crippen LogP contribution in [0.3, 0.4) is 0 Å². The molecule has 1 spiro atoms. The van der Waals surface area contributed by atoms with Gasteiger partial charge < -0.3 is 14.5 Å². The molecule has 0 N–H and O–H groups in total.